The van der Waals surface area contributed by atoms with Crippen LogP contribution in [0.15, 0.2) is 78.9 Å². The molecular formula is C33H39NO3. The fourth-order valence-corrected chi connectivity index (χ4v) is 4.95. The highest BCUT2D eigenvalue weighted by Crippen LogP contribution is 2.32. The van der Waals surface area contributed by atoms with Crippen molar-refractivity contribution in [1.82, 2.24) is 4.90 Å². The van der Waals surface area contributed by atoms with Gasteiger partial charge >= 0.3 is 0 Å². The van der Waals surface area contributed by atoms with Crippen LogP contribution in [0.5, 0.6) is 17.2 Å². The highest BCUT2D eigenvalue weighted by Gasteiger charge is 2.13. The van der Waals surface area contributed by atoms with E-state index in [4.69, 9.17) is 14.2 Å². The molecular weight excluding hydrogens is 458 g/mol. The Labute approximate surface area is 221 Å². The summed E-state index contributed by atoms with van der Waals surface area (Å²) < 4.78 is 17.0. The average Bonchev–Trinajstić information content (AvgIpc) is 2.91. The third kappa shape index (κ3) is 6.64. The van der Waals surface area contributed by atoms with Crippen LogP contribution in [0.3, 0.4) is 0 Å². The number of fused-ring (bicyclic) bond motifs is 1. The van der Waals surface area contributed by atoms with E-state index in [-0.39, 0.29) is 0 Å². The van der Waals surface area contributed by atoms with Crippen molar-refractivity contribution in [1.29, 1.82) is 0 Å². The van der Waals surface area contributed by atoms with Gasteiger partial charge in [0.2, 0.25) is 0 Å². The molecule has 0 bridgehead atoms. The minimum atomic E-state index is 0.508. The predicted molar refractivity (Wildman–Crippen MR) is 154 cm³/mol. The maximum atomic E-state index is 6.06. The van der Waals surface area contributed by atoms with Crippen molar-refractivity contribution in [2.45, 2.75) is 46.2 Å². The largest absolute Gasteiger partial charge is 0.497 e. The Bertz CT molecular complexity index is 1300. The van der Waals surface area contributed by atoms with E-state index in [0.29, 0.717) is 18.7 Å². The second kappa shape index (κ2) is 12.2. The summed E-state index contributed by atoms with van der Waals surface area (Å²) in [6.07, 6.45) is 0.807. The molecule has 4 aromatic rings. The summed E-state index contributed by atoms with van der Waals surface area (Å²) in [7, 11) is 3.42. The Morgan fingerprint density at radius 3 is 1.92 bits per heavy atom. The summed E-state index contributed by atoms with van der Waals surface area (Å²) >= 11 is 0. The number of methoxy groups -OCH3 is 2. The molecule has 0 fully saturated rings. The Kier molecular flexibility index (Phi) is 8.73. The first kappa shape index (κ1) is 26.6. The first-order valence-electron chi connectivity index (χ1n) is 13.1. The highest BCUT2D eigenvalue weighted by atomic mass is 16.5. The number of rotatable bonds is 11. The van der Waals surface area contributed by atoms with Gasteiger partial charge in [0.15, 0.2) is 0 Å². The molecule has 0 amide bonds. The van der Waals surface area contributed by atoms with Crippen LogP contribution < -0.4 is 14.2 Å². The van der Waals surface area contributed by atoms with Gasteiger partial charge in [0.25, 0.3) is 0 Å². The molecule has 4 heteroatoms. The normalized spacial score (nSPS) is 11.5. The van der Waals surface area contributed by atoms with Crippen LogP contribution in [0.2, 0.25) is 0 Å². The lowest BCUT2D eigenvalue weighted by atomic mass is 9.93. The van der Waals surface area contributed by atoms with Crippen molar-refractivity contribution in [3.8, 4) is 28.4 Å². The molecule has 194 valence electrons. The van der Waals surface area contributed by atoms with E-state index in [1.54, 1.807) is 14.2 Å². The van der Waals surface area contributed by atoms with Crippen molar-refractivity contribution in [2.75, 3.05) is 27.4 Å². The third-order valence-corrected chi connectivity index (χ3v) is 6.93. The molecule has 0 N–H and O–H groups in total. The first-order valence-corrected chi connectivity index (χ1v) is 13.1. The maximum Gasteiger partial charge on any atom is 0.119 e. The molecule has 0 aliphatic carbocycles. The number of benzene rings is 4. The molecule has 0 atom stereocenters. The summed E-state index contributed by atoms with van der Waals surface area (Å²) in [6, 6.07) is 28.6. The minimum Gasteiger partial charge on any atom is -0.497 e. The molecule has 0 unspecified atom stereocenters. The molecule has 0 heterocycles. The molecule has 4 aromatic carbocycles. The van der Waals surface area contributed by atoms with Crippen molar-refractivity contribution in [3.63, 3.8) is 0 Å². The summed E-state index contributed by atoms with van der Waals surface area (Å²) in [5.74, 6) is 2.64. The van der Waals surface area contributed by atoms with E-state index in [0.717, 1.165) is 30.2 Å². The third-order valence-electron chi connectivity index (χ3n) is 6.93. The van der Waals surface area contributed by atoms with Crippen molar-refractivity contribution < 1.29 is 14.2 Å². The van der Waals surface area contributed by atoms with Crippen molar-refractivity contribution in [2.24, 2.45) is 0 Å². The van der Waals surface area contributed by atoms with Crippen LogP contribution in [0.1, 0.15) is 38.8 Å². The molecule has 0 radical (unpaired) electrons. The van der Waals surface area contributed by atoms with Crippen molar-refractivity contribution >= 4 is 10.8 Å². The molecule has 0 saturated heterocycles. The van der Waals surface area contributed by atoms with Gasteiger partial charge in [0, 0.05) is 18.6 Å². The van der Waals surface area contributed by atoms with Gasteiger partial charge in [-0.3, -0.25) is 4.90 Å². The van der Waals surface area contributed by atoms with Gasteiger partial charge < -0.3 is 14.2 Å². The fourth-order valence-electron chi connectivity index (χ4n) is 4.95. The first-order chi connectivity index (χ1) is 17.9. The Hall–Kier alpha value is -3.50. The summed E-state index contributed by atoms with van der Waals surface area (Å²) in [6.45, 7) is 10.5. The number of ether oxygens (including phenoxy) is 3. The zero-order valence-corrected chi connectivity index (χ0v) is 23.0. The van der Waals surface area contributed by atoms with Crippen LogP contribution in [0, 0.1) is 0 Å². The standard InChI is InChI=1S/C33H39NO3/c1-23(2)34(24(3)4)17-18-37-30-12-7-25(8-13-30)19-29-22-32(36-6)15-16-33(29)28-10-9-27-21-31(35-5)14-11-26(27)20-28/h7-16,20-24H,17-19H2,1-6H3. The minimum absolute atomic E-state index is 0.508. The summed E-state index contributed by atoms with van der Waals surface area (Å²) in [5.41, 5.74) is 4.86. The van der Waals surface area contributed by atoms with Gasteiger partial charge in [-0.25, -0.2) is 0 Å². The quantitative estimate of drug-likeness (QED) is 0.213. The highest BCUT2D eigenvalue weighted by molar-refractivity contribution is 5.89. The second-order valence-electron chi connectivity index (χ2n) is 10.0. The molecule has 4 rings (SSSR count). The van der Waals surface area contributed by atoms with E-state index in [1.165, 1.54) is 33.0 Å². The lowest BCUT2D eigenvalue weighted by Crippen LogP contribution is -2.39. The summed E-state index contributed by atoms with van der Waals surface area (Å²) in [4.78, 5) is 2.45. The van der Waals surface area contributed by atoms with Crippen LogP contribution >= 0.6 is 0 Å². The predicted octanol–water partition coefficient (Wildman–Crippen LogP) is 7.61. The van der Waals surface area contributed by atoms with E-state index in [1.807, 2.05) is 12.1 Å². The van der Waals surface area contributed by atoms with Gasteiger partial charge in [-0.15, -0.1) is 0 Å². The lowest BCUT2D eigenvalue weighted by Gasteiger charge is -2.30. The zero-order chi connectivity index (χ0) is 26.4. The van der Waals surface area contributed by atoms with Crippen LogP contribution in [-0.2, 0) is 6.42 Å². The second-order valence-corrected chi connectivity index (χ2v) is 10.0. The van der Waals surface area contributed by atoms with Crippen LogP contribution in [-0.4, -0.2) is 44.4 Å². The fraction of sp³-hybridized carbons (Fsp3) is 0.333. The molecule has 0 aliphatic heterocycles. The number of hydrogen-bond donors (Lipinski definition) is 0. The van der Waals surface area contributed by atoms with Crippen molar-refractivity contribution in [3.05, 3.63) is 90.0 Å². The maximum absolute atomic E-state index is 6.06. The topological polar surface area (TPSA) is 30.9 Å². The smallest absolute Gasteiger partial charge is 0.119 e. The molecule has 4 nitrogen and oxygen atoms in total. The number of hydrogen-bond acceptors (Lipinski definition) is 4. The van der Waals surface area contributed by atoms with Crippen LogP contribution in [0.25, 0.3) is 21.9 Å². The summed E-state index contributed by atoms with van der Waals surface area (Å²) in [5, 5.41) is 2.36. The molecule has 0 spiro atoms. The van der Waals surface area contributed by atoms with E-state index < -0.39 is 0 Å². The molecule has 0 aromatic heterocycles. The Morgan fingerprint density at radius 2 is 1.24 bits per heavy atom. The van der Waals surface area contributed by atoms with E-state index in [2.05, 4.69) is 99.3 Å². The molecule has 0 saturated carbocycles. The average molecular weight is 498 g/mol. The lowest BCUT2D eigenvalue weighted by molar-refractivity contribution is 0.142. The van der Waals surface area contributed by atoms with Gasteiger partial charge in [-0.2, -0.15) is 0 Å². The van der Waals surface area contributed by atoms with E-state index >= 15 is 0 Å². The zero-order valence-electron chi connectivity index (χ0n) is 23.0. The SMILES string of the molecule is COc1ccc(-c2ccc3cc(OC)ccc3c2)c(Cc2ccc(OCCN(C(C)C)C(C)C)cc2)c1. The van der Waals surface area contributed by atoms with Gasteiger partial charge in [-0.1, -0.05) is 36.4 Å². The van der Waals surface area contributed by atoms with Gasteiger partial charge in [0.1, 0.15) is 23.9 Å². The van der Waals surface area contributed by atoms with E-state index in [9.17, 15) is 0 Å². The number of nitrogens with zero attached hydrogens (tertiary/aromatic N) is 1. The Morgan fingerprint density at radius 1 is 0.649 bits per heavy atom. The Balaban J connectivity index is 1.51. The van der Waals surface area contributed by atoms with Crippen LogP contribution in [0.4, 0.5) is 0 Å². The van der Waals surface area contributed by atoms with Gasteiger partial charge in [0.05, 0.1) is 14.2 Å². The molecule has 0 aliphatic rings. The molecule has 37 heavy (non-hydrogen) atoms. The monoisotopic (exact) mass is 497 g/mol. The van der Waals surface area contributed by atoms with Gasteiger partial charge in [-0.05, 0) is 110 Å².